The summed E-state index contributed by atoms with van der Waals surface area (Å²) >= 11 is 4.39. The van der Waals surface area contributed by atoms with Gasteiger partial charge in [0, 0.05) is 92.1 Å². The van der Waals surface area contributed by atoms with Crippen LogP contribution in [0.4, 0.5) is 58.4 Å². The van der Waals surface area contributed by atoms with Gasteiger partial charge >= 0.3 is 0 Å². The minimum Gasteiger partial charge on any atom is -0.396 e. The molecule has 8 heterocycles. The quantitative estimate of drug-likeness (QED) is 0.0112. The fourth-order valence-corrected chi connectivity index (χ4v) is 12.3. The molecule has 28 nitrogen and oxygen atoms in total. The first-order valence-electron chi connectivity index (χ1n) is 31.0. The molecule has 105 heavy (non-hydrogen) atoms. The van der Waals surface area contributed by atoms with Crippen molar-refractivity contribution in [1.29, 1.82) is 5.26 Å². The van der Waals surface area contributed by atoms with E-state index < -0.39 is 74.9 Å². The largest absolute Gasteiger partial charge is 0.396 e. The summed E-state index contributed by atoms with van der Waals surface area (Å²) in [6.45, 7) is 2.90. The fraction of sp³-hybridized carbons (Fsp3) is 0.246. The maximum atomic E-state index is 13.8. The van der Waals surface area contributed by atoms with Crippen LogP contribution in [0.5, 0.6) is 0 Å². The third-order valence-electron chi connectivity index (χ3n) is 14.1. The molecule has 0 saturated heterocycles. The van der Waals surface area contributed by atoms with Gasteiger partial charge in [-0.3, -0.25) is 19.2 Å². The summed E-state index contributed by atoms with van der Waals surface area (Å²) in [7, 11) is 3.46. The highest BCUT2D eigenvalue weighted by molar-refractivity contribution is 7.99. The van der Waals surface area contributed by atoms with Crippen molar-refractivity contribution in [1.82, 2.24) is 79.7 Å². The highest BCUT2D eigenvalue weighted by Crippen LogP contribution is 2.31. The van der Waals surface area contributed by atoms with Crippen LogP contribution < -0.4 is 42.7 Å². The molecule has 12 aromatic rings. The number of H-pyrrole nitrogens is 4. The summed E-state index contributed by atoms with van der Waals surface area (Å²) in [5, 5.41) is 43.3. The Morgan fingerprint density at radius 1 is 0.467 bits per heavy atom. The van der Waals surface area contributed by atoms with Crippen molar-refractivity contribution in [3.05, 3.63) is 208 Å². The maximum absolute atomic E-state index is 13.8. The van der Waals surface area contributed by atoms with Gasteiger partial charge in [-0.05, 0) is 37.6 Å². The van der Waals surface area contributed by atoms with Gasteiger partial charge in [-0.1, -0.05) is 95.6 Å². The van der Waals surface area contributed by atoms with Crippen LogP contribution in [0.2, 0.25) is 0 Å². The van der Waals surface area contributed by atoms with E-state index in [4.69, 9.17) is 15.5 Å². The van der Waals surface area contributed by atoms with E-state index in [2.05, 4.69) is 96.4 Å². The van der Waals surface area contributed by atoms with Gasteiger partial charge in [0.2, 0.25) is 0 Å². The monoisotopic (exact) mass is 1530 g/mol. The molecule has 40 heteroatoms. The average Bonchev–Trinajstić information content (AvgIpc) is 0.808. The van der Waals surface area contributed by atoms with Crippen LogP contribution in [0.3, 0.4) is 0 Å². The first-order chi connectivity index (χ1) is 50.5. The molecular formula is C65H59F8N21O7S4. The molecule has 0 unspecified atom stereocenters. The zero-order valence-electron chi connectivity index (χ0n) is 55.1. The molecule has 0 amide bonds. The van der Waals surface area contributed by atoms with Gasteiger partial charge in [0.25, 0.3) is 22.2 Å². The Hall–Kier alpha value is -10.8. The Balaban J connectivity index is 0.000000162. The molecule has 0 saturated carbocycles. The maximum Gasteiger partial charge on any atom is 0.268 e. The number of nitrogens with one attached hydrogen (secondary N) is 6. The van der Waals surface area contributed by atoms with Crippen molar-refractivity contribution in [3.8, 4) is 6.07 Å². The predicted octanol–water partition coefficient (Wildman–Crippen LogP) is 8.50. The summed E-state index contributed by atoms with van der Waals surface area (Å²) < 4.78 is 108. The van der Waals surface area contributed by atoms with Crippen molar-refractivity contribution in [2.24, 2.45) is 0 Å². The number of likely N-dealkylation sites (N-methyl/N-ethyl adjacent to an activating group) is 1. The van der Waals surface area contributed by atoms with Crippen LogP contribution in [0.25, 0.3) is 44.7 Å². The standard InChI is InChI=1S/C17H14F2N6OS.3C16H15F2N5O2S/c1-25(7-3-6-20)16-14-15(22-12(26)8-21-14)23-17(24-16)27-9-10-4-2-5-11(18)13(10)19;1-8(24)5-20-14-13-15(21-11(25)6-19-13)23-16(22-14)26-7-9-3-2-4-10(17)12(9)18;1-23(5-6-24)15-13-14(20-11(25)7-19-13)21-16(22-15)26-8-9-3-2-4-10(17)12(9)18;17-10-4-1-3-9(12(10)18)8-26-16-22-14(19-5-2-6-24)13-15(23-16)21-11(25)7-20-13/h2,4-5,8H,3,7,9H2,1H3,(H,22,23,24,26);2-4,6,8,24H,5,7H2,1H3,(H2,20,21,22,23,25);2-4,7,24H,5-6,8H2,1H3,(H,20,21,22,25);1,3-4,7,24H,2,5-6,8H2,(H2,19,21,22,23,25)/t;8-;;/m.1../s1. The van der Waals surface area contributed by atoms with E-state index >= 15 is 0 Å². The lowest BCUT2D eigenvalue weighted by Crippen LogP contribution is -2.23. The van der Waals surface area contributed by atoms with Crippen LogP contribution in [-0.4, -0.2) is 155 Å². The number of nitrogens with zero attached hydrogens (tertiary/aromatic N) is 15. The zero-order valence-corrected chi connectivity index (χ0v) is 58.4. The van der Waals surface area contributed by atoms with Gasteiger partial charge in [0.1, 0.15) is 22.1 Å². The van der Waals surface area contributed by atoms with Crippen LogP contribution in [0, 0.1) is 57.9 Å². The fourth-order valence-electron chi connectivity index (χ4n) is 8.99. The van der Waals surface area contributed by atoms with E-state index in [9.17, 15) is 59.4 Å². The third kappa shape index (κ3) is 21.4. The van der Waals surface area contributed by atoms with E-state index in [1.54, 1.807) is 30.8 Å². The van der Waals surface area contributed by atoms with Crippen LogP contribution in [-0.2, 0) is 23.0 Å². The number of anilines is 4. The number of benzene rings is 4. The first-order valence-corrected chi connectivity index (χ1v) is 34.9. The Labute approximate surface area is 604 Å². The molecule has 4 aromatic carbocycles. The van der Waals surface area contributed by atoms with E-state index in [0.717, 1.165) is 96.1 Å². The highest BCUT2D eigenvalue weighted by Gasteiger charge is 2.21. The minimum atomic E-state index is -0.921. The van der Waals surface area contributed by atoms with Crippen LogP contribution in [0.15, 0.2) is 137 Å². The second-order valence-corrected chi connectivity index (χ2v) is 25.6. The molecule has 0 aliphatic heterocycles. The van der Waals surface area contributed by atoms with Gasteiger partial charge in [0.05, 0.1) is 50.0 Å². The Morgan fingerprint density at radius 3 is 1.12 bits per heavy atom. The van der Waals surface area contributed by atoms with E-state index in [-0.39, 0.29) is 115 Å². The lowest BCUT2D eigenvalue weighted by atomic mass is 10.2. The second kappa shape index (κ2) is 37.6. The number of aliphatic hydroxyl groups is 3. The molecule has 9 N–H and O–H groups in total. The van der Waals surface area contributed by atoms with Gasteiger partial charge in [-0.25, -0.2) is 94.9 Å². The molecule has 0 fully saturated rings. The zero-order chi connectivity index (χ0) is 75.3. The van der Waals surface area contributed by atoms with Gasteiger partial charge in [-0.15, -0.1) is 0 Å². The third-order valence-corrected chi connectivity index (χ3v) is 17.7. The number of nitriles is 1. The predicted molar refractivity (Wildman–Crippen MR) is 380 cm³/mol. The number of fused-ring (bicyclic) bond motifs is 4. The number of halogens is 8. The molecule has 0 aliphatic carbocycles. The van der Waals surface area contributed by atoms with Crippen LogP contribution in [0.1, 0.15) is 42.0 Å². The molecule has 8 aromatic heterocycles. The number of hydrogen-bond acceptors (Lipinski definition) is 28. The van der Waals surface area contributed by atoms with E-state index in [0.29, 0.717) is 71.4 Å². The van der Waals surface area contributed by atoms with Gasteiger partial charge in [-0.2, -0.15) is 5.26 Å². The number of aromatic nitrogens is 16. The number of thioether (sulfide) groups is 4. The minimum absolute atomic E-state index is 0.0146. The van der Waals surface area contributed by atoms with Crippen molar-refractivity contribution in [3.63, 3.8) is 0 Å². The first kappa shape index (κ1) is 78.3. The van der Waals surface area contributed by atoms with Crippen molar-refractivity contribution in [2.45, 2.75) is 69.5 Å². The molecule has 0 spiro atoms. The van der Waals surface area contributed by atoms with Crippen molar-refractivity contribution >= 4 is 115 Å². The Morgan fingerprint density at radius 2 is 0.790 bits per heavy atom. The number of hydrogen-bond donors (Lipinski definition) is 9. The molecule has 12 rings (SSSR count). The summed E-state index contributed by atoms with van der Waals surface area (Å²) in [4.78, 5) is 110. The normalized spacial score (nSPS) is 11.3. The molecule has 1 atom stereocenters. The number of aromatic amines is 4. The van der Waals surface area contributed by atoms with Crippen molar-refractivity contribution < 1.29 is 50.4 Å². The smallest absolute Gasteiger partial charge is 0.268 e. The topological polar surface area (TPSA) is 401 Å². The highest BCUT2D eigenvalue weighted by atomic mass is 32.2. The summed E-state index contributed by atoms with van der Waals surface area (Å²) in [6, 6.07) is 17.9. The van der Waals surface area contributed by atoms with Crippen molar-refractivity contribution in [2.75, 3.05) is 73.9 Å². The Kier molecular flexibility index (Phi) is 28.0. The average molecular weight is 1530 g/mol. The molecular weight excluding hydrogens is 1470 g/mol. The summed E-state index contributed by atoms with van der Waals surface area (Å²) in [5.74, 6) is -5.28. The number of aliphatic hydroxyl groups excluding tert-OH is 3. The molecule has 0 aliphatic rings. The van der Waals surface area contributed by atoms with Gasteiger partial charge in [0.15, 0.2) is 113 Å². The second-order valence-electron chi connectivity index (χ2n) is 21.9. The SMILES string of the molecule is CN(CCC#N)c1nc(SCc2cccc(F)c2F)nc2[nH]c(=O)cnc12.CN(CCO)c1nc(SCc2cccc(F)c2F)nc2[nH]c(=O)cnc12.C[C@@H](O)CNc1nc(SCc2cccc(F)c2F)nc2[nH]c(=O)cnc12.O=c1cnc2c(NCCCO)nc(SCc3cccc(F)c3F)nc2[nH]1. The molecule has 0 bridgehead atoms. The Bertz CT molecular complexity index is 5360. The summed E-state index contributed by atoms with van der Waals surface area (Å²) in [5.41, 5.74) is 1.45. The lowest BCUT2D eigenvalue weighted by molar-refractivity contribution is 0.208. The summed E-state index contributed by atoms with van der Waals surface area (Å²) in [6.07, 6.45) is 4.64. The van der Waals surface area contributed by atoms with E-state index in [1.807, 2.05) is 0 Å². The lowest BCUT2D eigenvalue weighted by Gasteiger charge is -2.18. The molecule has 0 radical (unpaired) electrons. The van der Waals surface area contributed by atoms with Gasteiger partial charge < -0.3 is 55.7 Å². The molecule has 546 valence electrons. The van der Waals surface area contributed by atoms with Crippen LogP contribution >= 0.6 is 47.0 Å². The number of rotatable bonds is 25. The van der Waals surface area contributed by atoms with E-state index in [1.165, 1.54) is 48.5 Å².